The van der Waals surface area contributed by atoms with Crippen molar-refractivity contribution in [3.8, 4) is 0 Å². The fourth-order valence-electron chi connectivity index (χ4n) is 5.91. The number of fused-ring (bicyclic) bond motifs is 1. The molecule has 1 aromatic rings. The number of thiol groups is 1. The molecule has 2 aliphatic rings. The van der Waals surface area contributed by atoms with Crippen molar-refractivity contribution in [1.29, 1.82) is 0 Å². The van der Waals surface area contributed by atoms with Gasteiger partial charge in [0, 0.05) is 26.8 Å². The number of unbranched alkanes of at least 4 members (excludes halogenated alkanes) is 1. The second kappa shape index (κ2) is 12.4. The first-order valence-electron chi connectivity index (χ1n) is 14.6. The highest BCUT2D eigenvalue weighted by molar-refractivity contribution is 7.81. The lowest BCUT2D eigenvalue weighted by molar-refractivity contribution is -0.137. The Bertz CT molecular complexity index is 950. The predicted octanol–water partition coefficient (Wildman–Crippen LogP) is 7.67. The van der Waals surface area contributed by atoms with Crippen LogP contribution in [-0.4, -0.2) is 47.3 Å². The van der Waals surface area contributed by atoms with Crippen molar-refractivity contribution in [1.82, 2.24) is 10.2 Å². The van der Waals surface area contributed by atoms with Gasteiger partial charge in [-0.15, -0.1) is 0 Å². The molecule has 0 saturated carbocycles. The number of carbonyl (C=O) groups is 1. The molecule has 2 atom stereocenters. The van der Waals surface area contributed by atoms with E-state index >= 15 is 0 Å². The molecule has 1 radical (unpaired) electrons. The number of hydrogen-bond donors (Lipinski definition) is 2. The van der Waals surface area contributed by atoms with Gasteiger partial charge >= 0.3 is 0 Å². The molecule has 0 bridgehead atoms. The number of hydrogen-bond acceptors (Lipinski definition) is 4. The predicted molar refractivity (Wildman–Crippen MR) is 165 cm³/mol. The molecule has 0 spiro atoms. The van der Waals surface area contributed by atoms with Crippen LogP contribution in [0.4, 0.5) is 0 Å². The molecule has 38 heavy (non-hydrogen) atoms. The van der Waals surface area contributed by atoms with E-state index in [9.17, 15) is 4.79 Å². The number of rotatable bonds is 11. The van der Waals surface area contributed by atoms with Crippen LogP contribution in [-0.2, 0) is 15.9 Å². The highest BCUT2D eigenvalue weighted by Gasteiger charge is 2.44. The quantitative estimate of drug-likeness (QED) is 0.165. The first-order chi connectivity index (χ1) is 17.5. The van der Waals surface area contributed by atoms with Crippen molar-refractivity contribution >= 4 is 37.6 Å². The monoisotopic (exact) mass is 561 g/mol. The Hall–Kier alpha value is -0.685. The van der Waals surface area contributed by atoms with E-state index in [1.165, 1.54) is 17.5 Å². The SMILES string of the molecule is CC(C)(C)NC(=O)C(C)(CCCC[B]OC(C)(C)C(C)(C)S)C1CCN(C2CCc3cc(Cl)ccc32)CC1. The summed E-state index contributed by atoms with van der Waals surface area (Å²) in [4.78, 5) is 16.3. The second-order valence-corrected chi connectivity index (χ2v) is 15.5. The number of amides is 1. The second-order valence-electron chi connectivity index (χ2n) is 13.9. The fourth-order valence-corrected chi connectivity index (χ4v) is 6.16. The molecule has 1 saturated heterocycles. The van der Waals surface area contributed by atoms with E-state index in [0.717, 1.165) is 63.0 Å². The van der Waals surface area contributed by atoms with E-state index < -0.39 is 0 Å². The Labute approximate surface area is 244 Å². The molecule has 1 aromatic carbocycles. The van der Waals surface area contributed by atoms with Gasteiger partial charge in [-0.05, 0) is 123 Å². The van der Waals surface area contributed by atoms with Crippen LogP contribution < -0.4 is 5.32 Å². The van der Waals surface area contributed by atoms with Gasteiger partial charge in [-0.25, -0.2) is 0 Å². The largest absolute Gasteiger partial charge is 0.434 e. The van der Waals surface area contributed by atoms with Crippen LogP contribution in [0, 0.1) is 11.3 Å². The smallest absolute Gasteiger partial charge is 0.293 e. The third kappa shape index (κ3) is 7.95. The molecule has 7 heteroatoms. The van der Waals surface area contributed by atoms with Crippen LogP contribution in [0.5, 0.6) is 0 Å². The van der Waals surface area contributed by atoms with Gasteiger partial charge in [0.2, 0.25) is 5.91 Å². The van der Waals surface area contributed by atoms with Crippen LogP contribution in [0.25, 0.3) is 0 Å². The minimum Gasteiger partial charge on any atom is -0.434 e. The van der Waals surface area contributed by atoms with Gasteiger partial charge in [0.25, 0.3) is 7.48 Å². The topological polar surface area (TPSA) is 41.6 Å². The summed E-state index contributed by atoms with van der Waals surface area (Å²) in [6, 6.07) is 6.88. The minimum absolute atomic E-state index is 0.211. The number of halogens is 1. The fraction of sp³-hybridized carbons (Fsp3) is 0.774. The zero-order valence-electron chi connectivity index (χ0n) is 25.1. The zero-order chi connectivity index (χ0) is 28.4. The third-order valence-electron chi connectivity index (χ3n) is 9.15. The van der Waals surface area contributed by atoms with Crippen molar-refractivity contribution in [3.05, 3.63) is 34.3 Å². The van der Waals surface area contributed by atoms with Crippen LogP contribution in [0.3, 0.4) is 0 Å². The Morgan fingerprint density at radius 3 is 2.34 bits per heavy atom. The van der Waals surface area contributed by atoms with Gasteiger partial charge in [0.15, 0.2) is 0 Å². The summed E-state index contributed by atoms with van der Waals surface area (Å²) in [5.74, 6) is 0.596. The standard InChI is InChI=1S/C31H51BClN2O2S/c1-28(2,3)34-27(36)31(8,17-9-10-18-32-37-29(4,5)30(6,7)38)23-15-19-35(20-16-23)26-14-11-22-21-24(33)12-13-25(22)26/h12-13,21,23,26,38H,9-11,14-20H2,1-8H3,(H,34,36). The number of nitrogens with one attached hydrogen (secondary N) is 1. The maximum Gasteiger partial charge on any atom is 0.293 e. The van der Waals surface area contributed by atoms with Gasteiger partial charge in [-0.1, -0.05) is 43.8 Å². The lowest BCUT2D eigenvalue weighted by Gasteiger charge is -2.44. The van der Waals surface area contributed by atoms with Crippen LogP contribution >= 0.6 is 24.2 Å². The molecule has 1 aliphatic carbocycles. The van der Waals surface area contributed by atoms with Crippen molar-refractivity contribution in [3.63, 3.8) is 0 Å². The number of aryl methyl sites for hydroxylation is 1. The number of carbonyl (C=O) groups excluding carboxylic acids is 1. The summed E-state index contributed by atoms with van der Waals surface area (Å²) < 4.78 is 5.83. The maximum atomic E-state index is 13.7. The Balaban J connectivity index is 1.58. The molecule has 1 amide bonds. The number of nitrogens with zero attached hydrogens (tertiary/aromatic N) is 1. The van der Waals surface area contributed by atoms with Gasteiger partial charge in [0.1, 0.15) is 0 Å². The molecule has 213 valence electrons. The molecule has 4 nitrogen and oxygen atoms in total. The molecular formula is C31H51BClN2O2S. The summed E-state index contributed by atoms with van der Waals surface area (Å²) >= 11 is 10.9. The third-order valence-corrected chi connectivity index (χ3v) is 9.92. The average Bonchev–Trinajstić information content (AvgIpc) is 3.22. The molecule has 1 heterocycles. The zero-order valence-corrected chi connectivity index (χ0v) is 26.8. The van der Waals surface area contributed by atoms with E-state index in [4.69, 9.17) is 16.3 Å². The summed E-state index contributed by atoms with van der Waals surface area (Å²) in [5.41, 5.74) is 1.91. The molecule has 2 unspecified atom stereocenters. The molecule has 3 rings (SSSR count). The summed E-state index contributed by atoms with van der Waals surface area (Å²) in [5, 5.41) is 4.16. The van der Waals surface area contributed by atoms with Crippen LogP contribution in [0.15, 0.2) is 18.2 Å². The van der Waals surface area contributed by atoms with E-state index in [1.54, 1.807) is 0 Å². The normalized spacial score (nSPS) is 21.2. The molecule has 1 aliphatic heterocycles. The summed E-state index contributed by atoms with van der Waals surface area (Å²) in [7, 11) is 1.94. The van der Waals surface area contributed by atoms with E-state index in [2.05, 4.69) is 90.4 Å². The highest BCUT2D eigenvalue weighted by Crippen LogP contribution is 2.44. The van der Waals surface area contributed by atoms with E-state index in [-0.39, 0.29) is 27.2 Å². The Morgan fingerprint density at radius 1 is 1.08 bits per heavy atom. The number of benzene rings is 1. The highest BCUT2D eigenvalue weighted by atomic mass is 35.5. The molecular weight excluding hydrogens is 511 g/mol. The van der Waals surface area contributed by atoms with Crippen molar-refractivity contribution in [2.45, 2.75) is 129 Å². The minimum atomic E-state index is -0.367. The number of piperidine rings is 1. The molecule has 0 aromatic heterocycles. The van der Waals surface area contributed by atoms with Gasteiger partial charge in [-0.3, -0.25) is 9.69 Å². The van der Waals surface area contributed by atoms with Crippen molar-refractivity contribution in [2.24, 2.45) is 11.3 Å². The van der Waals surface area contributed by atoms with Gasteiger partial charge < -0.3 is 9.97 Å². The van der Waals surface area contributed by atoms with Crippen LogP contribution in [0.1, 0.15) is 111 Å². The molecule has 1 fully saturated rings. The van der Waals surface area contributed by atoms with Gasteiger partial charge in [-0.2, -0.15) is 12.6 Å². The van der Waals surface area contributed by atoms with E-state index in [1.807, 2.05) is 13.5 Å². The lowest BCUT2D eigenvalue weighted by Crippen LogP contribution is -2.52. The van der Waals surface area contributed by atoms with Gasteiger partial charge in [0.05, 0.1) is 5.60 Å². The Morgan fingerprint density at radius 2 is 1.74 bits per heavy atom. The molecule has 1 N–H and O–H groups in total. The maximum absolute atomic E-state index is 13.7. The van der Waals surface area contributed by atoms with Crippen molar-refractivity contribution < 1.29 is 9.45 Å². The summed E-state index contributed by atoms with van der Waals surface area (Å²) in [6.07, 6.45) is 8.21. The summed E-state index contributed by atoms with van der Waals surface area (Å²) in [6.45, 7) is 18.9. The lowest BCUT2D eigenvalue weighted by atomic mass is 9.68. The van der Waals surface area contributed by atoms with Crippen LogP contribution in [0.2, 0.25) is 11.3 Å². The Kier molecular flexibility index (Phi) is 10.4. The first kappa shape index (κ1) is 31.8. The van der Waals surface area contributed by atoms with E-state index in [0.29, 0.717) is 12.0 Å². The number of likely N-dealkylation sites (tertiary alicyclic amines) is 1. The first-order valence-corrected chi connectivity index (χ1v) is 15.4. The average molecular weight is 562 g/mol. The van der Waals surface area contributed by atoms with Crippen molar-refractivity contribution in [2.75, 3.05) is 13.1 Å².